The highest BCUT2D eigenvalue weighted by atomic mass is 127. The minimum atomic E-state index is -1.97. The zero-order valence-corrected chi connectivity index (χ0v) is 30.8. The Labute approximate surface area is 305 Å². The zero-order valence-electron chi connectivity index (χ0n) is 27.0. The van der Waals surface area contributed by atoms with Gasteiger partial charge in [-0.1, -0.05) is 31.9 Å². The first-order chi connectivity index (χ1) is 22.0. The van der Waals surface area contributed by atoms with E-state index in [-0.39, 0.29) is 54.5 Å². The average Bonchev–Trinajstić information content (AvgIpc) is 3.72. The van der Waals surface area contributed by atoms with Gasteiger partial charge in [-0.15, -0.1) is 23.7 Å². The number of likely N-dealkylation sites (N-methyl/N-ethyl adjacent to an activating group) is 1. The molecule has 258 valence electrons. The number of nitrogens with one attached hydrogen (secondary N) is 3. The summed E-state index contributed by atoms with van der Waals surface area (Å²) in [5, 5.41) is 33.0. The fraction of sp³-hybridized carbons (Fsp3) is 0.424. The number of nitrogens with zero attached hydrogens (tertiary/aromatic N) is 4. The van der Waals surface area contributed by atoms with Gasteiger partial charge in [0, 0.05) is 28.5 Å². The molecular formula is C33H39ClF2IN7O3S. The summed E-state index contributed by atoms with van der Waals surface area (Å²) in [4.78, 5) is 21.9. The molecule has 0 bridgehead atoms. The van der Waals surface area contributed by atoms with Crippen LogP contribution in [0.15, 0.2) is 54.2 Å². The predicted molar refractivity (Wildman–Crippen MR) is 175 cm³/mol. The highest BCUT2D eigenvalue weighted by Gasteiger charge is 2.44. The Morgan fingerprint density at radius 2 is 2.00 bits per heavy atom. The van der Waals surface area contributed by atoms with Gasteiger partial charge >= 0.3 is 12.4 Å². The smallest absolute Gasteiger partial charge is 0.408 e. The van der Waals surface area contributed by atoms with Crippen LogP contribution in [-0.2, 0) is 16.9 Å². The van der Waals surface area contributed by atoms with E-state index in [1.165, 1.54) is 22.3 Å². The highest BCUT2D eigenvalue weighted by Crippen LogP contribution is 2.41. The zero-order chi connectivity index (χ0) is 33.1. The maximum absolute atomic E-state index is 15.3. The van der Waals surface area contributed by atoms with Crippen LogP contribution in [-0.4, -0.2) is 44.9 Å². The summed E-state index contributed by atoms with van der Waals surface area (Å²) in [6.45, 7) is 5.13. The molecule has 5 rings (SSSR count). The Bertz CT molecular complexity index is 1740. The topological polar surface area (TPSA) is 140 Å². The number of carbonyl (C=O) groups excluding carboxylic acids is 1. The molecule has 5 atom stereocenters. The molecule has 0 radical (unpaired) electrons. The van der Waals surface area contributed by atoms with E-state index in [4.69, 9.17) is 15.0 Å². The van der Waals surface area contributed by atoms with Crippen LogP contribution in [0.4, 0.5) is 13.6 Å². The Morgan fingerprint density at radius 3 is 2.69 bits per heavy atom. The molecule has 10 nitrogen and oxygen atoms in total. The standard InChI is InChI=1S/C33H37F2N7O3S.ClH.HI/c1-20(30-39-27(17-46-30)23-10-8-22(16-36)9-11-23)33(44,25-15-24(34)12-13-26(25)35)18-42-19-38-29(41-42)21(2)45-31(43)40-32(3)14-6-5-7-28(32)37-4;;/h8-13,15,17,19-21,28,37,44H,5-7,14,18H2,1-4H3,(H,40,43);2*1H/t20-,21?,28?,32?,33+;;/m0../s1. The van der Waals surface area contributed by atoms with Crippen LogP contribution in [0.5, 0.6) is 0 Å². The van der Waals surface area contributed by atoms with Gasteiger partial charge in [-0.2, -0.15) is 15.0 Å². The van der Waals surface area contributed by atoms with Gasteiger partial charge in [0.15, 0.2) is 6.10 Å². The minimum Gasteiger partial charge on any atom is -1.00 e. The number of amides is 1. The quantitative estimate of drug-likeness (QED) is 0.143. The molecule has 1 amide bonds. The fourth-order valence-corrected chi connectivity index (χ4v) is 7.09. The van der Waals surface area contributed by atoms with Crippen molar-refractivity contribution in [3.63, 3.8) is 0 Å². The van der Waals surface area contributed by atoms with E-state index in [0.29, 0.717) is 22.1 Å². The largest absolute Gasteiger partial charge is 1.00 e. The highest BCUT2D eigenvalue weighted by molar-refractivity contribution is 7.10. The van der Waals surface area contributed by atoms with E-state index < -0.39 is 40.9 Å². The summed E-state index contributed by atoms with van der Waals surface area (Å²) in [5.41, 5.74) is -0.742. The normalized spacial score (nSPS) is 19.8. The molecule has 2 aromatic heterocycles. The Kier molecular flexibility index (Phi) is 13.4. The molecule has 3 unspecified atom stereocenters. The average molecular weight is 814 g/mol. The third kappa shape index (κ3) is 8.49. The number of aromatic amines is 1. The number of alkyl carbamates (subject to hydrolysis) is 1. The first kappa shape index (κ1) is 39.2. The maximum atomic E-state index is 15.3. The third-order valence-corrected chi connectivity index (χ3v) is 9.96. The van der Waals surface area contributed by atoms with Gasteiger partial charge < -0.3 is 44.5 Å². The minimum absolute atomic E-state index is 0. The molecule has 1 fully saturated rings. The van der Waals surface area contributed by atoms with Crippen molar-refractivity contribution >= 4 is 29.8 Å². The maximum Gasteiger partial charge on any atom is 0.408 e. The SMILES string of the molecule is CNC1CCCCC1(C)NC(=O)OC(C)c1nc[n+](C[C@](O)(c2cc(F)ccc2F)[C@@H](C)c2nc(-c3ccc(C#N)cc3)cs2)[nH]1.Cl.[I-]. The van der Waals surface area contributed by atoms with Crippen LogP contribution in [0.25, 0.3) is 11.3 Å². The van der Waals surface area contributed by atoms with E-state index in [2.05, 4.69) is 26.8 Å². The molecule has 1 aliphatic rings. The van der Waals surface area contributed by atoms with Crippen molar-refractivity contribution in [3.05, 3.63) is 87.8 Å². The van der Waals surface area contributed by atoms with E-state index in [1.54, 1.807) is 38.1 Å². The number of H-pyrrole nitrogens is 1. The molecule has 2 heterocycles. The number of ether oxygens (including phenoxy) is 1. The summed E-state index contributed by atoms with van der Waals surface area (Å²) in [6.07, 6.45) is 3.93. The molecule has 2 aromatic carbocycles. The first-order valence-electron chi connectivity index (χ1n) is 15.2. The lowest BCUT2D eigenvalue weighted by molar-refractivity contribution is -0.765. The van der Waals surface area contributed by atoms with Crippen molar-refractivity contribution in [2.24, 2.45) is 0 Å². The summed E-state index contributed by atoms with van der Waals surface area (Å²) in [7, 11) is 1.88. The number of hydrogen-bond acceptors (Lipinski definition) is 8. The third-order valence-electron chi connectivity index (χ3n) is 8.93. The molecule has 4 aromatic rings. The van der Waals surface area contributed by atoms with Gasteiger partial charge in [0.2, 0.25) is 0 Å². The van der Waals surface area contributed by atoms with E-state index in [0.717, 1.165) is 49.4 Å². The van der Waals surface area contributed by atoms with Gasteiger partial charge in [-0.05, 0) is 69.1 Å². The summed E-state index contributed by atoms with van der Waals surface area (Å²) >= 11 is 1.28. The Hall–Kier alpha value is -3.23. The van der Waals surface area contributed by atoms with Gasteiger partial charge in [-0.25, -0.2) is 18.6 Å². The van der Waals surface area contributed by atoms with Gasteiger partial charge in [-0.3, -0.25) is 0 Å². The van der Waals surface area contributed by atoms with Crippen LogP contribution >= 0.6 is 23.7 Å². The van der Waals surface area contributed by atoms with Crippen molar-refractivity contribution < 1.29 is 52.1 Å². The summed E-state index contributed by atoms with van der Waals surface area (Å²) < 4.78 is 36.8. The number of benzene rings is 2. The van der Waals surface area contributed by atoms with E-state index >= 15 is 4.39 Å². The molecule has 15 heteroatoms. The lowest BCUT2D eigenvalue weighted by atomic mass is 9.79. The second-order valence-electron chi connectivity index (χ2n) is 12.1. The number of rotatable bonds is 10. The van der Waals surface area contributed by atoms with Crippen LogP contribution in [0.2, 0.25) is 0 Å². The number of aliphatic hydroxyl groups is 1. The van der Waals surface area contributed by atoms with Crippen molar-refractivity contribution in [2.45, 2.75) is 82.2 Å². The molecule has 4 N–H and O–H groups in total. The number of halogens is 4. The van der Waals surface area contributed by atoms with Crippen LogP contribution in [0, 0.1) is 23.0 Å². The summed E-state index contributed by atoms with van der Waals surface area (Å²) in [6, 6.07) is 12.1. The molecule has 1 aliphatic carbocycles. The fourth-order valence-electron chi connectivity index (χ4n) is 6.12. The van der Waals surface area contributed by atoms with Crippen LogP contribution in [0.3, 0.4) is 0 Å². The molecular weight excluding hydrogens is 775 g/mol. The van der Waals surface area contributed by atoms with E-state index in [9.17, 15) is 14.3 Å². The molecule has 0 spiro atoms. The van der Waals surface area contributed by atoms with Gasteiger partial charge in [0.05, 0.1) is 27.9 Å². The van der Waals surface area contributed by atoms with E-state index in [1.807, 2.05) is 19.4 Å². The second-order valence-corrected chi connectivity index (χ2v) is 13.0. The van der Waals surface area contributed by atoms with Gasteiger partial charge in [0.1, 0.15) is 23.8 Å². The van der Waals surface area contributed by atoms with Crippen molar-refractivity contribution in [3.8, 4) is 17.3 Å². The lowest BCUT2D eigenvalue weighted by Gasteiger charge is -2.41. The number of thiazole rings is 1. The van der Waals surface area contributed by atoms with Gasteiger partial charge in [0.25, 0.3) is 5.82 Å². The number of carbonyl (C=O) groups is 1. The monoisotopic (exact) mass is 813 g/mol. The van der Waals surface area contributed by atoms with Crippen LogP contribution in [0.1, 0.15) is 80.4 Å². The second kappa shape index (κ2) is 16.4. The molecule has 0 aliphatic heterocycles. The number of aromatic nitrogens is 4. The number of nitriles is 1. The lowest BCUT2D eigenvalue weighted by Crippen LogP contribution is -3.00. The Morgan fingerprint density at radius 1 is 1.27 bits per heavy atom. The number of hydrogen-bond donors (Lipinski definition) is 4. The molecule has 48 heavy (non-hydrogen) atoms. The van der Waals surface area contributed by atoms with Crippen LogP contribution < -0.4 is 39.3 Å². The first-order valence-corrected chi connectivity index (χ1v) is 16.1. The Balaban J connectivity index is 0.00000312. The summed E-state index contributed by atoms with van der Waals surface area (Å²) in [5.74, 6) is -1.96. The molecule has 1 saturated carbocycles. The van der Waals surface area contributed by atoms with Crippen molar-refractivity contribution in [1.82, 2.24) is 25.7 Å². The molecule has 0 saturated heterocycles. The van der Waals surface area contributed by atoms with Crippen molar-refractivity contribution in [1.29, 1.82) is 5.26 Å². The predicted octanol–water partition coefficient (Wildman–Crippen LogP) is 2.80. The van der Waals surface area contributed by atoms with Crippen molar-refractivity contribution in [2.75, 3.05) is 7.05 Å².